The van der Waals surface area contributed by atoms with Crippen molar-refractivity contribution in [2.24, 2.45) is 0 Å². The Morgan fingerprint density at radius 3 is 2.41 bits per heavy atom. The zero-order valence-corrected chi connectivity index (χ0v) is 16.3. The molecule has 2 amide bonds. The minimum absolute atomic E-state index is 0.136. The van der Waals surface area contributed by atoms with Crippen molar-refractivity contribution in [3.05, 3.63) is 64.1 Å². The van der Waals surface area contributed by atoms with E-state index in [1.54, 1.807) is 25.3 Å². The summed E-state index contributed by atoms with van der Waals surface area (Å²) in [7, 11) is 3.09. The van der Waals surface area contributed by atoms with E-state index >= 15 is 0 Å². The lowest BCUT2D eigenvalue weighted by Gasteiger charge is -2.16. The minimum atomic E-state index is -0.297. The fraction of sp³-hybridized carbons (Fsp3) is 0.238. The molecule has 1 aliphatic heterocycles. The van der Waals surface area contributed by atoms with E-state index in [0.717, 1.165) is 23.7 Å². The lowest BCUT2D eigenvalue weighted by atomic mass is 10.1. The van der Waals surface area contributed by atoms with Gasteiger partial charge in [0.05, 0.1) is 25.7 Å². The molecule has 0 spiro atoms. The van der Waals surface area contributed by atoms with Crippen LogP contribution in [-0.2, 0) is 17.8 Å². The smallest absolute Gasteiger partial charge is 0.293 e. The molecule has 1 saturated heterocycles. The summed E-state index contributed by atoms with van der Waals surface area (Å²) in [6.45, 7) is 2.23. The maximum atomic E-state index is 12.7. The summed E-state index contributed by atoms with van der Waals surface area (Å²) >= 11 is 0.956. The molecule has 2 aromatic rings. The monoisotopic (exact) mass is 383 g/mol. The highest BCUT2D eigenvalue weighted by atomic mass is 32.2. The molecule has 1 aliphatic rings. The predicted molar refractivity (Wildman–Crippen MR) is 107 cm³/mol. The number of methoxy groups -OCH3 is 2. The van der Waals surface area contributed by atoms with Gasteiger partial charge in [-0.3, -0.25) is 14.5 Å². The minimum Gasteiger partial charge on any atom is -0.493 e. The van der Waals surface area contributed by atoms with Crippen molar-refractivity contribution < 1.29 is 19.1 Å². The number of hydrogen-bond acceptors (Lipinski definition) is 5. The number of imide groups is 1. The molecule has 27 heavy (non-hydrogen) atoms. The van der Waals surface area contributed by atoms with E-state index < -0.39 is 0 Å². The average molecular weight is 383 g/mol. The van der Waals surface area contributed by atoms with Gasteiger partial charge in [0, 0.05) is 5.56 Å². The number of para-hydroxylation sites is 1. The maximum absolute atomic E-state index is 12.7. The van der Waals surface area contributed by atoms with Crippen LogP contribution in [0.4, 0.5) is 4.79 Å². The van der Waals surface area contributed by atoms with Crippen LogP contribution in [0.2, 0.25) is 0 Å². The second kappa shape index (κ2) is 8.31. The maximum Gasteiger partial charge on any atom is 0.293 e. The molecule has 0 atom stereocenters. The SMILES string of the molecule is CCc1ccc(/C=C2\SC(=O)N(Cc3cccc(OC)c3OC)C2=O)cc1. The number of nitrogens with zero attached hydrogens (tertiary/aromatic N) is 1. The number of carbonyl (C=O) groups is 2. The van der Waals surface area contributed by atoms with Crippen molar-refractivity contribution in [2.75, 3.05) is 14.2 Å². The van der Waals surface area contributed by atoms with Crippen LogP contribution in [0.25, 0.3) is 6.08 Å². The van der Waals surface area contributed by atoms with E-state index in [2.05, 4.69) is 6.92 Å². The fourth-order valence-electron chi connectivity index (χ4n) is 2.89. The van der Waals surface area contributed by atoms with Crippen LogP contribution in [-0.4, -0.2) is 30.3 Å². The third-order valence-electron chi connectivity index (χ3n) is 4.37. The Bertz CT molecular complexity index is 890. The second-order valence-corrected chi connectivity index (χ2v) is 7.01. The Labute approximate surface area is 163 Å². The first kappa shape index (κ1) is 19.0. The fourth-order valence-corrected chi connectivity index (χ4v) is 3.72. The van der Waals surface area contributed by atoms with Crippen molar-refractivity contribution in [2.45, 2.75) is 19.9 Å². The van der Waals surface area contributed by atoms with Gasteiger partial charge in [-0.05, 0) is 41.5 Å². The van der Waals surface area contributed by atoms with E-state index in [1.165, 1.54) is 17.6 Å². The summed E-state index contributed by atoms with van der Waals surface area (Å²) in [4.78, 5) is 26.8. The number of rotatable bonds is 6. The van der Waals surface area contributed by atoms with Crippen molar-refractivity contribution >= 4 is 29.0 Å². The van der Waals surface area contributed by atoms with Gasteiger partial charge in [0.1, 0.15) is 0 Å². The standard InChI is InChI=1S/C21H21NO4S/c1-4-14-8-10-15(11-9-14)12-18-20(23)22(21(24)27-18)13-16-6-5-7-17(25-2)19(16)26-3/h5-12H,4,13H2,1-3H3/b18-12-. The number of carbonyl (C=O) groups excluding carboxylic acids is 2. The molecule has 0 saturated carbocycles. The summed E-state index contributed by atoms with van der Waals surface area (Å²) in [5.41, 5.74) is 2.84. The molecule has 2 aromatic carbocycles. The summed E-state index contributed by atoms with van der Waals surface area (Å²) in [5, 5.41) is -0.290. The third kappa shape index (κ3) is 4.01. The van der Waals surface area contributed by atoms with Crippen LogP contribution < -0.4 is 9.47 Å². The van der Waals surface area contributed by atoms with Gasteiger partial charge in [0.2, 0.25) is 0 Å². The summed E-state index contributed by atoms with van der Waals surface area (Å²) < 4.78 is 10.7. The average Bonchev–Trinajstić information content (AvgIpc) is 2.95. The van der Waals surface area contributed by atoms with Gasteiger partial charge in [-0.15, -0.1) is 0 Å². The van der Waals surface area contributed by atoms with Gasteiger partial charge in [0.25, 0.3) is 11.1 Å². The van der Waals surface area contributed by atoms with Gasteiger partial charge in [0.15, 0.2) is 11.5 Å². The Morgan fingerprint density at radius 1 is 1.04 bits per heavy atom. The van der Waals surface area contributed by atoms with Crippen LogP contribution >= 0.6 is 11.8 Å². The molecule has 5 nitrogen and oxygen atoms in total. The second-order valence-electron chi connectivity index (χ2n) is 6.02. The Hall–Kier alpha value is -2.73. The molecule has 140 valence electrons. The van der Waals surface area contributed by atoms with Crippen LogP contribution in [0.15, 0.2) is 47.4 Å². The van der Waals surface area contributed by atoms with Crippen molar-refractivity contribution in [3.63, 3.8) is 0 Å². The molecule has 0 bridgehead atoms. The molecule has 0 unspecified atom stereocenters. The number of thioether (sulfide) groups is 1. The Balaban J connectivity index is 1.83. The van der Waals surface area contributed by atoms with Crippen molar-refractivity contribution in [3.8, 4) is 11.5 Å². The quantitative estimate of drug-likeness (QED) is 0.688. The first-order valence-electron chi connectivity index (χ1n) is 8.61. The van der Waals surface area contributed by atoms with Gasteiger partial charge in [-0.25, -0.2) is 0 Å². The number of ether oxygens (including phenoxy) is 2. The molecule has 1 heterocycles. The van der Waals surface area contributed by atoms with Crippen LogP contribution in [0.5, 0.6) is 11.5 Å². The number of hydrogen-bond donors (Lipinski definition) is 0. The van der Waals surface area contributed by atoms with Crippen LogP contribution in [0.1, 0.15) is 23.6 Å². The molecule has 6 heteroatoms. The van der Waals surface area contributed by atoms with Gasteiger partial charge < -0.3 is 9.47 Å². The molecular formula is C21H21NO4S. The predicted octanol–water partition coefficient (Wildman–Crippen LogP) is 4.50. The topological polar surface area (TPSA) is 55.8 Å². The Kier molecular flexibility index (Phi) is 5.86. The Morgan fingerprint density at radius 2 is 1.78 bits per heavy atom. The summed E-state index contributed by atoms with van der Waals surface area (Å²) in [5.74, 6) is 0.793. The summed E-state index contributed by atoms with van der Waals surface area (Å²) in [6.07, 6.45) is 2.71. The molecule has 0 aliphatic carbocycles. The zero-order valence-electron chi connectivity index (χ0n) is 15.5. The lowest BCUT2D eigenvalue weighted by molar-refractivity contribution is -0.123. The van der Waals surface area contributed by atoms with E-state index in [4.69, 9.17) is 9.47 Å². The largest absolute Gasteiger partial charge is 0.493 e. The first-order valence-corrected chi connectivity index (χ1v) is 9.43. The van der Waals surface area contributed by atoms with Gasteiger partial charge >= 0.3 is 0 Å². The number of aryl methyl sites for hydroxylation is 1. The van der Waals surface area contributed by atoms with Crippen LogP contribution in [0.3, 0.4) is 0 Å². The highest BCUT2D eigenvalue weighted by Crippen LogP contribution is 2.36. The number of amides is 2. The van der Waals surface area contributed by atoms with E-state index in [-0.39, 0.29) is 17.7 Å². The van der Waals surface area contributed by atoms with Gasteiger partial charge in [-0.2, -0.15) is 0 Å². The third-order valence-corrected chi connectivity index (χ3v) is 5.28. The van der Waals surface area contributed by atoms with Gasteiger partial charge in [-0.1, -0.05) is 43.3 Å². The first-order chi connectivity index (χ1) is 13.1. The summed E-state index contributed by atoms with van der Waals surface area (Å²) in [6, 6.07) is 13.4. The van der Waals surface area contributed by atoms with Crippen LogP contribution in [0, 0.1) is 0 Å². The highest BCUT2D eigenvalue weighted by Gasteiger charge is 2.35. The normalized spacial score (nSPS) is 15.5. The zero-order chi connectivity index (χ0) is 19.4. The molecular weight excluding hydrogens is 362 g/mol. The van der Waals surface area contributed by atoms with Crippen molar-refractivity contribution in [1.29, 1.82) is 0 Å². The molecule has 0 radical (unpaired) electrons. The van der Waals surface area contributed by atoms with E-state index in [0.29, 0.717) is 22.0 Å². The lowest BCUT2D eigenvalue weighted by Crippen LogP contribution is -2.27. The molecule has 1 fully saturated rings. The molecule has 0 aromatic heterocycles. The van der Waals surface area contributed by atoms with Crippen molar-refractivity contribution in [1.82, 2.24) is 4.90 Å². The van der Waals surface area contributed by atoms with E-state index in [9.17, 15) is 9.59 Å². The highest BCUT2D eigenvalue weighted by molar-refractivity contribution is 8.18. The molecule has 3 rings (SSSR count). The molecule has 0 N–H and O–H groups in total. The van der Waals surface area contributed by atoms with E-state index in [1.807, 2.05) is 30.3 Å². The number of benzene rings is 2.